The second-order valence-corrected chi connectivity index (χ2v) is 6.50. The molecule has 0 saturated heterocycles. The van der Waals surface area contributed by atoms with Crippen molar-refractivity contribution in [1.29, 1.82) is 0 Å². The van der Waals surface area contributed by atoms with E-state index in [4.69, 9.17) is 4.74 Å². The van der Waals surface area contributed by atoms with Gasteiger partial charge in [-0.2, -0.15) is 0 Å². The summed E-state index contributed by atoms with van der Waals surface area (Å²) in [6.07, 6.45) is 2.36. The zero-order valence-corrected chi connectivity index (χ0v) is 15.3. The number of carbonyl (C=O) groups is 2. The Hall–Kier alpha value is -2.35. The molecule has 0 fully saturated rings. The summed E-state index contributed by atoms with van der Waals surface area (Å²) in [7, 11) is 1.32. The Kier molecular flexibility index (Phi) is 7.00. The average Bonchev–Trinajstić information content (AvgIpc) is 3.12. The molecular formula is C17H22N4O3S. The van der Waals surface area contributed by atoms with Gasteiger partial charge in [-0.25, -0.2) is 4.79 Å². The standard InChI is InChI=1S/C17H22N4O3S/c1-4-12(2)15(16(23)24-3)19-14(22)10-25-17-20-18-11-21(17)13-8-6-5-7-9-13/h5-9,11-12,15H,4,10H2,1-3H3,(H,19,22)/t12-,15-/m1/s1. The monoisotopic (exact) mass is 362 g/mol. The number of nitrogens with zero attached hydrogens (tertiary/aromatic N) is 3. The number of thioether (sulfide) groups is 1. The van der Waals surface area contributed by atoms with Crippen molar-refractivity contribution in [3.63, 3.8) is 0 Å². The number of aromatic nitrogens is 3. The van der Waals surface area contributed by atoms with Crippen LogP contribution < -0.4 is 5.32 Å². The summed E-state index contributed by atoms with van der Waals surface area (Å²) in [5.74, 6) is -0.548. The van der Waals surface area contributed by atoms with Gasteiger partial charge in [-0.1, -0.05) is 50.2 Å². The topological polar surface area (TPSA) is 86.1 Å². The van der Waals surface area contributed by atoms with Gasteiger partial charge in [0, 0.05) is 5.69 Å². The van der Waals surface area contributed by atoms with E-state index in [1.165, 1.54) is 18.9 Å². The molecule has 0 unspecified atom stereocenters. The van der Waals surface area contributed by atoms with E-state index >= 15 is 0 Å². The molecule has 0 aliphatic heterocycles. The predicted molar refractivity (Wildman–Crippen MR) is 95.5 cm³/mol. The molecule has 1 heterocycles. The van der Waals surface area contributed by atoms with Gasteiger partial charge in [0.05, 0.1) is 12.9 Å². The molecule has 1 aromatic heterocycles. The third-order valence-electron chi connectivity index (χ3n) is 3.87. The zero-order chi connectivity index (χ0) is 18.2. The van der Waals surface area contributed by atoms with E-state index in [2.05, 4.69) is 15.5 Å². The van der Waals surface area contributed by atoms with Crippen LogP contribution in [-0.4, -0.2) is 45.5 Å². The van der Waals surface area contributed by atoms with E-state index in [1.807, 2.05) is 48.7 Å². The molecule has 2 atom stereocenters. The minimum Gasteiger partial charge on any atom is -0.467 e. The van der Waals surface area contributed by atoms with Crippen LogP contribution in [0.2, 0.25) is 0 Å². The smallest absolute Gasteiger partial charge is 0.328 e. The quantitative estimate of drug-likeness (QED) is 0.571. The van der Waals surface area contributed by atoms with Gasteiger partial charge in [-0.05, 0) is 18.1 Å². The van der Waals surface area contributed by atoms with Crippen LogP contribution in [0.5, 0.6) is 0 Å². The van der Waals surface area contributed by atoms with Crippen LogP contribution in [0.1, 0.15) is 20.3 Å². The van der Waals surface area contributed by atoms with Crippen LogP contribution in [0, 0.1) is 5.92 Å². The molecule has 0 aliphatic rings. The lowest BCUT2D eigenvalue weighted by Gasteiger charge is -2.21. The van der Waals surface area contributed by atoms with Gasteiger partial charge in [0.25, 0.3) is 0 Å². The summed E-state index contributed by atoms with van der Waals surface area (Å²) in [5.41, 5.74) is 0.919. The molecule has 25 heavy (non-hydrogen) atoms. The average molecular weight is 362 g/mol. The number of hydrogen-bond donors (Lipinski definition) is 1. The van der Waals surface area contributed by atoms with Crippen molar-refractivity contribution in [2.45, 2.75) is 31.5 Å². The number of methoxy groups -OCH3 is 1. The maximum atomic E-state index is 12.2. The summed E-state index contributed by atoms with van der Waals surface area (Å²) >= 11 is 1.26. The molecule has 8 heteroatoms. The fraction of sp³-hybridized carbons (Fsp3) is 0.412. The Morgan fingerprint density at radius 3 is 2.68 bits per heavy atom. The predicted octanol–water partition coefficient (Wildman–Crippen LogP) is 2.06. The molecule has 0 saturated carbocycles. The van der Waals surface area contributed by atoms with Crippen LogP contribution in [-0.2, 0) is 14.3 Å². The first kappa shape index (κ1) is 19.0. The number of ether oxygens (including phenoxy) is 1. The van der Waals surface area contributed by atoms with E-state index in [9.17, 15) is 9.59 Å². The molecular weight excluding hydrogens is 340 g/mol. The van der Waals surface area contributed by atoms with E-state index in [-0.39, 0.29) is 17.6 Å². The highest BCUT2D eigenvalue weighted by atomic mass is 32.2. The highest BCUT2D eigenvalue weighted by molar-refractivity contribution is 7.99. The van der Waals surface area contributed by atoms with Crippen molar-refractivity contribution in [2.24, 2.45) is 5.92 Å². The lowest BCUT2D eigenvalue weighted by molar-refractivity contribution is -0.146. The summed E-state index contributed by atoms with van der Waals surface area (Å²) < 4.78 is 6.59. The lowest BCUT2D eigenvalue weighted by atomic mass is 9.99. The Morgan fingerprint density at radius 2 is 2.04 bits per heavy atom. The van der Waals surface area contributed by atoms with Crippen molar-refractivity contribution >= 4 is 23.6 Å². The molecule has 0 bridgehead atoms. The highest BCUT2D eigenvalue weighted by Gasteiger charge is 2.26. The van der Waals surface area contributed by atoms with Gasteiger partial charge in [-0.3, -0.25) is 9.36 Å². The van der Waals surface area contributed by atoms with Crippen molar-refractivity contribution in [2.75, 3.05) is 12.9 Å². The molecule has 2 rings (SSSR count). The van der Waals surface area contributed by atoms with Crippen molar-refractivity contribution in [3.8, 4) is 5.69 Å². The van der Waals surface area contributed by atoms with E-state index in [0.717, 1.165) is 12.1 Å². The van der Waals surface area contributed by atoms with Crippen molar-refractivity contribution in [3.05, 3.63) is 36.7 Å². The molecule has 7 nitrogen and oxygen atoms in total. The summed E-state index contributed by atoms with van der Waals surface area (Å²) in [5, 5.41) is 11.3. The largest absolute Gasteiger partial charge is 0.467 e. The number of hydrogen-bond acceptors (Lipinski definition) is 6. The number of amides is 1. The van der Waals surface area contributed by atoms with Gasteiger partial charge in [0.15, 0.2) is 5.16 Å². The highest BCUT2D eigenvalue weighted by Crippen LogP contribution is 2.19. The van der Waals surface area contributed by atoms with Crippen LogP contribution in [0.3, 0.4) is 0 Å². The Labute approximate surface area is 151 Å². The lowest BCUT2D eigenvalue weighted by Crippen LogP contribution is -2.46. The molecule has 1 amide bonds. The number of esters is 1. The van der Waals surface area contributed by atoms with E-state index < -0.39 is 12.0 Å². The van der Waals surface area contributed by atoms with Gasteiger partial charge >= 0.3 is 5.97 Å². The normalized spacial score (nSPS) is 13.1. The van der Waals surface area contributed by atoms with Crippen LogP contribution in [0.15, 0.2) is 41.8 Å². The molecule has 134 valence electrons. The fourth-order valence-corrected chi connectivity index (χ4v) is 2.97. The Morgan fingerprint density at radius 1 is 1.32 bits per heavy atom. The van der Waals surface area contributed by atoms with Crippen molar-refractivity contribution in [1.82, 2.24) is 20.1 Å². The first-order valence-corrected chi connectivity index (χ1v) is 9.00. The van der Waals surface area contributed by atoms with E-state index in [0.29, 0.717) is 5.16 Å². The SMILES string of the molecule is CC[C@@H](C)[C@@H](NC(=O)CSc1nncn1-c1ccccc1)C(=O)OC. The first-order valence-electron chi connectivity index (χ1n) is 8.02. The minimum absolute atomic E-state index is 0.00521. The van der Waals surface area contributed by atoms with Gasteiger partial charge in [0.1, 0.15) is 12.4 Å². The Bertz CT molecular complexity index is 705. The van der Waals surface area contributed by atoms with Crippen LogP contribution in [0.4, 0.5) is 0 Å². The first-order chi connectivity index (χ1) is 12.1. The molecule has 1 aromatic carbocycles. The van der Waals surface area contributed by atoms with Gasteiger partial charge in [0.2, 0.25) is 5.91 Å². The molecule has 0 radical (unpaired) electrons. The molecule has 0 aliphatic carbocycles. The van der Waals surface area contributed by atoms with Crippen LogP contribution >= 0.6 is 11.8 Å². The molecule has 2 aromatic rings. The number of rotatable bonds is 8. The number of carbonyl (C=O) groups excluding carboxylic acids is 2. The van der Waals surface area contributed by atoms with Crippen molar-refractivity contribution < 1.29 is 14.3 Å². The summed E-state index contributed by atoms with van der Waals surface area (Å²) in [6.45, 7) is 3.87. The van der Waals surface area contributed by atoms with E-state index in [1.54, 1.807) is 6.33 Å². The summed E-state index contributed by atoms with van der Waals surface area (Å²) in [6, 6.07) is 8.99. The van der Waals surface area contributed by atoms with Gasteiger partial charge in [-0.15, -0.1) is 10.2 Å². The fourth-order valence-electron chi connectivity index (χ4n) is 2.23. The maximum absolute atomic E-state index is 12.2. The number of nitrogens with one attached hydrogen (secondary N) is 1. The second-order valence-electron chi connectivity index (χ2n) is 5.56. The Balaban J connectivity index is 1.99. The maximum Gasteiger partial charge on any atom is 0.328 e. The number of para-hydroxylation sites is 1. The zero-order valence-electron chi connectivity index (χ0n) is 14.5. The van der Waals surface area contributed by atoms with Gasteiger partial charge < -0.3 is 10.1 Å². The summed E-state index contributed by atoms with van der Waals surface area (Å²) in [4.78, 5) is 24.1. The second kappa shape index (κ2) is 9.22. The molecule has 0 spiro atoms. The number of benzene rings is 1. The third-order valence-corrected chi connectivity index (χ3v) is 4.81. The molecule has 1 N–H and O–H groups in total. The van der Waals surface area contributed by atoms with Crippen LogP contribution in [0.25, 0.3) is 5.69 Å². The third kappa shape index (κ3) is 5.06. The minimum atomic E-state index is -0.643.